The summed E-state index contributed by atoms with van der Waals surface area (Å²) in [5, 5.41) is 3.24. The molecule has 6 heteroatoms. The molecule has 2 rings (SSSR count). The van der Waals surface area contributed by atoms with Gasteiger partial charge in [0, 0.05) is 12.7 Å². The zero-order chi connectivity index (χ0) is 13.0. The highest BCUT2D eigenvalue weighted by molar-refractivity contribution is 7.99. The third-order valence-corrected chi connectivity index (χ3v) is 4.38. The predicted octanol–water partition coefficient (Wildman–Crippen LogP) is 2.19. The van der Waals surface area contributed by atoms with Crippen LogP contribution in [0.25, 0.3) is 0 Å². The monoisotopic (exact) mass is 285 g/mol. The number of thioether (sulfide) groups is 1. The first-order valence-corrected chi connectivity index (χ1v) is 7.47. The highest BCUT2D eigenvalue weighted by Gasteiger charge is 2.15. The molecule has 18 heavy (non-hydrogen) atoms. The average Bonchev–Trinajstić information content (AvgIpc) is 2.40. The standard InChI is InChI=1S/C12H16ClN3OS/c13-10-5-9(7-15-11(10)14)12(17)16-6-8-1-3-18-4-2-8/h5,7-8H,1-4,6H2,(H2,14,15)(H,16,17). The molecule has 0 saturated carbocycles. The number of amides is 1. The highest BCUT2D eigenvalue weighted by atomic mass is 35.5. The van der Waals surface area contributed by atoms with E-state index in [0.29, 0.717) is 16.5 Å². The molecule has 1 aliphatic heterocycles. The van der Waals surface area contributed by atoms with E-state index in [1.165, 1.54) is 30.5 Å². The molecule has 0 unspecified atom stereocenters. The molecule has 0 spiro atoms. The molecular formula is C12H16ClN3OS. The summed E-state index contributed by atoms with van der Waals surface area (Å²) in [6, 6.07) is 1.55. The van der Waals surface area contributed by atoms with Gasteiger partial charge in [0.05, 0.1) is 10.6 Å². The van der Waals surface area contributed by atoms with Gasteiger partial charge in [0.2, 0.25) is 0 Å². The van der Waals surface area contributed by atoms with Crippen LogP contribution in [0.1, 0.15) is 23.2 Å². The number of carbonyl (C=O) groups excluding carboxylic acids is 1. The van der Waals surface area contributed by atoms with Crippen molar-refractivity contribution in [2.24, 2.45) is 5.92 Å². The molecule has 1 saturated heterocycles. The fourth-order valence-electron chi connectivity index (χ4n) is 1.86. The molecule has 0 aliphatic carbocycles. The first-order chi connectivity index (χ1) is 8.66. The Labute approximate surface area is 116 Å². The second kappa shape index (κ2) is 6.29. The Hall–Kier alpha value is -0.940. The smallest absolute Gasteiger partial charge is 0.252 e. The van der Waals surface area contributed by atoms with E-state index in [0.717, 1.165) is 6.54 Å². The summed E-state index contributed by atoms with van der Waals surface area (Å²) < 4.78 is 0. The summed E-state index contributed by atoms with van der Waals surface area (Å²) in [5.74, 6) is 3.08. The van der Waals surface area contributed by atoms with Gasteiger partial charge in [-0.15, -0.1) is 0 Å². The first kappa shape index (κ1) is 13.5. The van der Waals surface area contributed by atoms with Crippen molar-refractivity contribution in [2.75, 3.05) is 23.8 Å². The maximum atomic E-state index is 11.9. The Balaban J connectivity index is 1.88. The van der Waals surface area contributed by atoms with Gasteiger partial charge in [-0.25, -0.2) is 4.98 Å². The molecule has 2 heterocycles. The van der Waals surface area contributed by atoms with Gasteiger partial charge in [0.15, 0.2) is 0 Å². The van der Waals surface area contributed by atoms with Crippen molar-refractivity contribution in [3.05, 3.63) is 22.8 Å². The predicted molar refractivity (Wildman–Crippen MR) is 76.0 cm³/mol. The minimum absolute atomic E-state index is 0.136. The maximum absolute atomic E-state index is 11.9. The second-order valence-corrected chi connectivity index (χ2v) is 5.99. The molecule has 0 bridgehead atoms. The number of nitrogen functional groups attached to an aromatic ring is 1. The van der Waals surface area contributed by atoms with E-state index in [9.17, 15) is 4.79 Å². The number of pyridine rings is 1. The van der Waals surface area contributed by atoms with Crippen molar-refractivity contribution < 1.29 is 4.79 Å². The molecule has 4 nitrogen and oxygen atoms in total. The van der Waals surface area contributed by atoms with Crippen LogP contribution in [0.4, 0.5) is 5.82 Å². The summed E-state index contributed by atoms with van der Waals surface area (Å²) in [7, 11) is 0. The number of hydrogen-bond acceptors (Lipinski definition) is 4. The SMILES string of the molecule is Nc1ncc(C(=O)NCC2CCSCC2)cc1Cl. The number of nitrogens with one attached hydrogen (secondary N) is 1. The highest BCUT2D eigenvalue weighted by Crippen LogP contribution is 2.22. The van der Waals surface area contributed by atoms with Gasteiger partial charge in [0.25, 0.3) is 5.91 Å². The molecule has 1 fully saturated rings. The lowest BCUT2D eigenvalue weighted by molar-refractivity contribution is 0.0946. The number of nitrogens with two attached hydrogens (primary N) is 1. The summed E-state index contributed by atoms with van der Waals surface area (Å²) in [5.41, 5.74) is 5.96. The molecule has 1 aliphatic rings. The lowest BCUT2D eigenvalue weighted by Gasteiger charge is -2.21. The molecule has 1 amide bonds. The van der Waals surface area contributed by atoms with Crippen LogP contribution in [0, 0.1) is 5.92 Å². The van der Waals surface area contributed by atoms with Crippen LogP contribution in [-0.4, -0.2) is 28.9 Å². The molecular weight excluding hydrogens is 270 g/mol. The molecule has 0 radical (unpaired) electrons. The number of hydrogen-bond donors (Lipinski definition) is 2. The normalized spacial score (nSPS) is 16.5. The fraction of sp³-hybridized carbons (Fsp3) is 0.500. The number of halogens is 1. The van der Waals surface area contributed by atoms with Crippen molar-refractivity contribution in [1.82, 2.24) is 10.3 Å². The first-order valence-electron chi connectivity index (χ1n) is 5.94. The van der Waals surface area contributed by atoms with Crippen LogP contribution in [0.3, 0.4) is 0 Å². The van der Waals surface area contributed by atoms with Crippen molar-refractivity contribution >= 4 is 35.1 Å². The van der Waals surface area contributed by atoms with Gasteiger partial charge in [-0.1, -0.05) is 11.6 Å². The molecule has 1 aromatic heterocycles. The van der Waals surface area contributed by atoms with Crippen LogP contribution in [0.2, 0.25) is 5.02 Å². The van der Waals surface area contributed by atoms with Crippen molar-refractivity contribution in [3.8, 4) is 0 Å². The van der Waals surface area contributed by atoms with E-state index in [2.05, 4.69) is 10.3 Å². The van der Waals surface area contributed by atoms with Crippen LogP contribution in [0.5, 0.6) is 0 Å². The average molecular weight is 286 g/mol. The largest absolute Gasteiger partial charge is 0.382 e. The molecule has 98 valence electrons. The Morgan fingerprint density at radius 1 is 1.56 bits per heavy atom. The zero-order valence-corrected chi connectivity index (χ0v) is 11.6. The van der Waals surface area contributed by atoms with E-state index < -0.39 is 0 Å². The van der Waals surface area contributed by atoms with E-state index in [4.69, 9.17) is 17.3 Å². The summed E-state index contributed by atoms with van der Waals surface area (Å²) in [6.45, 7) is 0.724. The van der Waals surface area contributed by atoms with Crippen LogP contribution < -0.4 is 11.1 Å². The zero-order valence-electron chi connectivity index (χ0n) is 9.99. The number of nitrogens with zero attached hydrogens (tertiary/aromatic N) is 1. The van der Waals surface area contributed by atoms with Crippen molar-refractivity contribution in [1.29, 1.82) is 0 Å². The second-order valence-electron chi connectivity index (χ2n) is 4.36. The number of rotatable bonds is 3. The van der Waals surface area contributed by atoms with Crippen LogP contribution in [0.15, 0.2) is 12.3 Å². The van der Waals surface area contributed by atoms with Gasteiger partial charge in [-0.2, -0.15) is 11.8 Å². The summed E-state index contributed by atoms with van der Waals surface area (Å²) >= 11 is 7.82. The van der Waals surface area contributed by atoms with E-state index in [-0.39, 0.29) is 11.7 Å². The van der Waals surface area contributed by atoms with E-state index >= 15 is 0 Å². The minimum atomic E-state index is -0.136. The van der Waals surface area contributed by atoms with Gasteiger partial charge >= 0.3 is 0 Å². The topological polar surface area (TPSA) is 68.0 Å². The Morgan fingerprint density at radius 3 is 2.94 bits per heavy atom. The number of aromatic nitrogens is 1. The van der Waals surface area contributed by atoms with Gasteiger partial charge in [-0.3, -0.25) is 4.79 Å². The molecule has 3 N–H and O–H groups in total. The fourth-order valence-corrected chi connectivity index (χ4v) is 3.23. The third-order valence-electron chi connectivity index (χ3n) is 3.02. The maximum Gasteiger partial charge on any atom is 0.252 e. The van der Waals surface area contributed by atoms with Crippen molar-refractivity contribution in [3.63, 3.8) is 0 Å². The summed E-state index contributed by atoms with van der Waals surface area (Å²) in [6.07, 6.45) is 3.80. The number of anilines is 1. The number of carbonyl (C=O) groups is 1. The van der Waals surface area contributed by atoms with E-state index in [1.807, 2.05) is 11.8 Å². The van der Waals surface area contributed by atoms with Gasteiger partial charge < -0.3 is 11.1 Å². The van der Waals surface area contributed by atoms with Gasteiger partial charge in [0.1, 0.15) is 5.82 Å². The Kier molecular flexibility index (Phi) is 4.72. The summed E-state index contributed by atoms with van der Waals surface area (Å²) in [4.78, 5) is 15.8. The lowest BCUT2D eigenvalue weighted by Crippen LogP contribution is -2.31. The van der Waals surface area contributed by atoms with Gasteiger partial charge in [-0.05, 0) is 36.3 Å². The molecule has 0 atom stereocenters. The Bertz CT molecular complexity index is 435. The van der Waals surface area contributed by atoms with Crippen LogP contribution in [-0.2, 0) is 0 Å². The van der Waals surface area contributed by atoms with E-state index in [1.54, 1.807) is 6.07 Å². The third kappa shape index (κ3) is 3.53. The lowest BCUT2D eigenvalue weighted by atomic mass is 10.0. The quantitative estimate of drug-likeness (QED) is 0.893. The molecule has 1 aromatic rings. The van der Waals surface area contributed by atoms with Crippen molar-refractivity contribution in [2.45, 2.75) is 12.8 Å². The molecule has 0 aromatic carbocycles. The minimum Gasteiger partial charge on any atom is -0.382 e. The Morgan fingerprint density at radius 2 is 2.28 bits per heavy atom. The van der Waals surface area contributed by atoms with Crippen LogP contribution >= 0.6 is 23.4 Å².